The summed E-state index contributed by atoms with van der Waals surface area (Å²) in [5.41, 5.74) is 1.02. The summed E-state index contributed by atoms with van der Waals surface area (Å²) in [5, 5.41) is 2.96. The molecule has 0 aromatic carbocycles. The van der Waals surface area contributed by atoms with Crippen LogP contribution < -0.4 is 5.32 Å². The zero-order valence-electron chi connectivity index (χ0n) is 24.6. The standard InChI is InChI=1S/C35H47N3O2/c1-4-5-6-7-8-9-10-11-12-13-14-15-16-17-18-19-20-21-22-23-32(39)36-31-27-29-38(34(37-31)30-24-25-30)33-26-28-35(2,3)40-33/h5-6,8-9,11-12,14-15,17-18,20-21,26-29,33H,4,7,10,13,16,19,22-25H2,1-3H3,(H,36,37,39)/b6-5-,9-8-,12-11-,15-14-,18-17-,21-20-/t33-/m1/s1. The SMILES string of the molecule is CC/C=C\C/C=C\C/C=C\C/C=C\C/C=C\C/C=C\CCC(=O)NC1=NC(=C2CC2)N([C@H]2C=CC(C)(C)O2)C=C1. The van der Waals surface area contributed by atoms with Crippen molar-refractivity contribution in [2.75, 3.05) is 0 Å². The molecule has 0 aromatic heterocycles. The zero-order valence-corrected chi connectivity index (χ0v) is 24.6. The number of nitrogens with zero attached hydrogens (tertiary/aromatic N) is 2. The molecule has 1 atom stereocenters. The Bertz CT molecular complexity index is 1120. The first-order valence-corrected chi connectivity index (χ1v) is 14.8. The number of rotatable bonds is 15. The molecule has 0 unspecified atom stereocenters. The van der Waals surface area contributed by atoms with E-state index in [1.807, 2.05) is 26.1 Å². The third-order valence-electron chi connectivity index (χ3n) is 6.44. The molecule has 1 fully saturated rings. The van der Waals surface area contributed by atoms with Crippen LogP contribution in [0.15, 0.2) is 114 Å². The van der Waals surface area contributed by atoms with Crippen LogP contribution in [0.3, 0.4) is 0 Å². The summed E-state index contributed by atoms with van der Waals surface area (Å²) in [6, 6.07) is 0. The molecule has 0 saturated heterocycles. The predicted molar refractivity (Wildman–Crippen MR) is 168 cm³/mol. The Labute approximate surface area is 241 Å². The summed E-state index contributed by atoms with van der Waals surface area (Å²) in [5.74, 6) is 1.48. The fraction of sp³-hybridized carbons (Fsp3) is 0.429. The average molecular weight is 542 g/mol. The maximum Gasteiger partial charge on any atom is 0.225 e. The summed E-state index contributed by atoms with van der Waals surface area (Å²) in [4.78, 5) is 19.2. The molecule has 0 radical (unpaired) electrons. The van der Waals surface area contributed by atoms with Crippen LogP contribution in [-0.4, -0.2) is 28.5 Å². The van der Waals surface area contributed by atoms with Gasteiger partial charge in [0.1, 0.15) is 11.7 Å². The van der Waals surface area contributed by atoms with Crippen LogP contribution in [0.4, 0.5) is 0 Å². The maximum absolute atomic E-state index is 12.5. The quantitative estimate of drug-likeness (QED) is 0.211. The van der Waals surface area contributed by atoms with Crippen molar-refractivity contribution in [2.45, 2.75) is 96.8 Å². The minimum atomic E-state index is -0.280. The Morgan fingerprint density at radius 3 is 1.98 bits per heavy atom. The highest BCUT2D eigenvalue weighted by Gasteiger charge is 2.34. The van der Waals surface area contributed by atoms with E-state index in [1.54, 1.807) is 0 Å². The van der Waals surface area contributed by atoms with E-state index in [0.717, 1.165) is 57.2 Å². The van der Waals surface area contributed by atoms with Crippen molar-refractivity contribution >= 4 is 11.7 Å². The van der Waals surface area contributed by atoms with Gasteiger partial charge in [0.15, 0.2) is 6.23 Å². The van der Waals surface area contributed by atoms with Crippen LogP contribution in [-0.2, 0) is 9.53 Å². The lowest BCUT2D eigenvalue weighted by Crippen LogP contribution is -2.37. The van der Waals surface area contributed by atoms with Gasteiger partial charge in [-0.15, -0.1) is 0 Å². The molecule has 0 aromatic rings. The monoisotopic (exact) mass is 541 g/mol. The van der Waals surface area contributed by atoms with Crippen molar-refractivity contribution in [2.24, 2.45) is 4.99 Å². The number of carbonyl (C=O) groups is 1. The van der Waals surface area contributed by atoms with E-state index in [0.29, 0.717) is 18.7 Å². The molecule has 40 heavy (non-hydrogen) atoms. The Hall–Kier alpha value is -3.44. The maximum atomic E-state index is 12.5. The molecule has 3 aliphatic rings. The largest absolute Gasteiger partial charge is 0.344 e. The number of allylic oxidation sites excluding steroid dienone is 13. The molecule has 0 spiro atoms. The molecule has 0 bridgehead atoms. The van der Waals surface area contributed by atoms with Crippen molar-refractivity contribution < 1.29 is 9.53 Å². The van der Waals surface area contributed by atoms with E-state index < -0.39 is 0 Å². The fourth-order valence-corrected chi connectivity index (χ4v) is 4.17. The number of amides is 1. The van der Waals surface area contributed by atoms with E-state index in [-0.39, 0.29) is 17.7 Å². The molecular weight excluding hydrogens is 494 g/mol. The molecule has 5 nitrogen and oxygen atoms in total. The highest BCUT2D eigenvalue weighted by atomic mass is 16.5. The van der Waals surface area contributed by atoms with Gasteiger partial charge in [-0.2, -0.15) is 0 Å². The lowest BCUT2D eigenvalue weighted by Gasteiger charge is -2.31. The number of ether oxygens (including phenoxy) is 1. The van der Waals surface area contributed by atoms with Gasteiger partial charge >= 0.3 is 0 Å². The highest BCUT2D eigenvalue weighted by molar-refractivity contribution is 6.05. The van der Waals surface area contributed by atoms with Gasteiger partial charge in [0.2, 0.25) is 5.91 Å². The first kappa shape index (κ1) is 31.1. The number of hydrogen-bond acceptors (Lipinski definition) is 4. The summed E-state index contributed by atoms with van der Waals surface area (Å²) in [6.07, 6.45) is 43.2. The minimum Gasteiger partial charge on any atom is -0.344 e. The highest BCUT2D eigenvalue weighted by Crippen LogP contribution is 2.37. The van der Waals surface area contributed by atoms with E-state index in [9.17, 15) is 4.79 Å². The van der Waals surface area contributed by atoms with E-state index in [2.05, 4.69) is 102 Å². The molecule has 1 N–H and O–H groups in total. The zero-order chi connectivity index (χ0) is 28.5. The van der Waals surface area contributed by atoms with Crippen molar-refractivity contribution in [3.63, 3.8) is 0 Å². The Morgan fingerprint density at radius 1 is 0.925 bits per heavy atom. The molecular formula is C35H47N3O2. The van der Waals surface area contributed by atoms with Gasteiger partial charge < -0.3 is 15.0 Å². The van der Waals surface area contributed by atoms with Gasteiger partial charge in [-0.3, -0.25) is 4.79 Å². The van der Waals surface area contributed by atoms with Gasteiger partial charge in [0.25, 0.3) is 0 Å². The average Bonchev–Trinajstić information content (AvgIpc) is 3.72. The van der Waals surface area contributed by atoms with Gasteiger partial charge in [-0.25, -0.2) is 4.99 Å². The summed E-state index contributed by atoms with van der Waals surface area (Å²) < 4.78 is 6.11. The van der Waals surface area contributed by atoms with Crippen LogP contribution in [0.5, 0.6) is 0 Å². The Balaban J connectivity index is 1.25. The second-order valence-corrected chi connectivity index (χ2v) is 10.6. The van der Waals surface area contributed by atoms with Crippen molar-refractivity contribution in [1.82, 2.24) is 10.2 Å². The second kappa shape index (κ2) is 17.3. The number of aliphatic imine (C=N–C) groups is 1. The summed E-state index contributed by atoms with van der Waals surface area (Å²) in [6.45, 7) is 6.25. The van der Waals surface area contributed by atoms with E-state index in [4.69, 9.17) is 9.73 Å². The first-order valence-electron chi connectivity index (χ1n) is 14.8. The summed E-state index contributed by atoms with van der Waals surface area (Å²) >= 11 is 0. The third kappa shape index (κ3) is 12.2. The lowest BCUT2D eigenvalue weighted by molar-refractivity contribution is -0.119. The number of carbonyl (C=O) groups excluding carboxylic acids is 1. The number of amidine groups is 1. The van der Waals surface area contributed by atoms with Crippen LogP contribution in [0.2, 0.25) is 0 Å². The lowest BCUT2D eigenvalue weighted by atomic mass is 10.1. The minimum absolute atomic E-state index is 0.0188. The van der Waals surface area contributed by atoms with Gasteiger partial charge in [0, 0.05) is 12.6 Å². The normalized spacial score (nSPS) is 20.6. The van der Waals surface area contributed by atoms with Crippen LogP contribution in [0.25, 0.3) is 0 Å². The summed E-state index contributed by atoms with van der Waals surface area (Å²) in [7, 11) is 0. The molecule has 1 saturated carbocycles. The second-order valence-electron chi connectivity index (χ2n) is 10.6. The molecule has 1 amide bonds. The predicted octanol–water partition coefficient (Wildman–Crippen LogP) is 8.50. The fourth-order valence-electron chi connectivity index (χ4n) is 4.17. The molecule has 3 rings (SSSR count). The van der Waals surface area contributed by atoms with Crippen LogP contribution in [0, 0.1) is 0 Å². The van der Waals surface area contributed by atoms with Crippen LogP contribution >= 0.6 is 0 Å². The molecule has 2 heterocycles. The third-order valence-corrected chi connectivity index (χ3v) is 6.44. The Kier molecular flexibility index (Phi) is 13.4. The van der Waals surface area contributed by atoms with Gasteiger partial charge in [-0.05, 0) is 89.4 Å². The molecule has 5 heteroatoms. The van der Waals surface area contributed by atoms with E-state index >= 15 is 0 Å². The number of hydrogen-bond donors (Lipinski definition) is 1. The topological polar surface area (TPSA) is 53.9 Å². The van der Waals surface area contributed by atoms with E-state index in [1.165, 1.54) is 5.57 Å². The van der Waals surface area contributed by atoms with Crippen LogP contribution in [0.1, 0.15) is 85.0 Å². The Morgan fingerprint density at radius 2 is 1.48 bits per heavy atom. The number of nitrogens with one attached hydrogen (secondary N) is 1. The van der Waals surface area contributed by atoms with Gasteiger partial charge in [-0.1, -0.05) is 85.9 Å². The van der Waals surface area contributed by atoms with Gasteiger partial charge in [0.05, 0.1) is 5.60 Å². The van der Waals surface area contributed by atoms with Crippen molar-refractivity contribution in [3.8, 4) is 0 Å². The molecule has 1 aliphatic carbocycles. The first-order chi connectivity index (χ1) is 19.5. The van der Waals surface area contributed by atoms with Crippen molar-refractivity contribution in [1.29, 1.82) is 0 Å². The smallest absolute Gasteiger partial charge is 0.225 e. The van der Waals surface area contributed by atoms with Crippen molar-refractivity contribution in [3.05, 3.63) is 109 Å². The molecule has 2 aliphatic heterocycles. The molecule has 214 valence electrons.